The van der Waals surface area contributed by atoms with Crippen molar-refractivity contribution < 1.29 is 4.39 Å². The Morgan fingerprint density at radius 3 is 2.43 bits per heavy atom. The van der Waals surface area contributed by atoms with Crippen LogP contribution in [0.5, 0.6) is 0 Å². The van der Waals surface area contributed by atoms with Gasteiger partial charge in [0.15, 0.2) is 0 Å². The summed E-state index contributed by atoms with van der Waals surface area (Å²) in [4.78, 5) is 0. The first-order valence-corrected chi connectivity index (χ1v) is 7.92. The second-order valence-corrected chi connectivity index (χ2v) is 6.36. The average molecular weight is 281 g/mol. The van der Waals surface area contributed by atoms with Crippen molar-refractivity contribution in [3.63, 3.8) is 0 Å². The van der Waals surface area contributed by atoms with Gasteiger partial charge in [-0.3, -0.25) is 0 Å². The minimum absolute atomic E-state index is 0.0661. The Kier molecular flexibility index (Phi) is 2.99. The summed E-state index contributed by atoms with van der Waals surface area (Å²) in [5.74, 6) is -0.0900. The molecule has 21 heavy (non-hydrogen) atoms. The monoisotopic (exact) mass is 281 g/mol. The Hall–Kier alpha value is -1.83. The summed E-state index contributed by atoms with van der Waals surface area (Å²) in [6.45, 7) is 0. The van der Waals surface area contributed by atoms with Gasteiger partial charge in [0.05, 0.1) is 6.04 Å². The molecule has 1 spiro atoms. The van der Waals surface area contributed by atoms with Crippen LogP contribution in [-0.4, -0.2) is 0 Å². The van der Waals surface area contributed by atoms with Gasteiger partial charge in [-0.05, 0) is 30.5 Å². The van der Waals surface area contributed by atoms with E-state index in [1.54, 1.807) is 12.1 Å². The molecule has 1 nitrogen and oxygen atoms in total. The van der Waals surface area contributed by atoms with Gasteiger partial charge in [-0.15, -0.1) is 0 Å². The van der Waals surface area contributed by atoms with Gasteiger partial charge in [0.2, 0.25) is 0 Å². The third-order valence-corrected chi connectivity index (χ3v) is 5.28. The van der Waals surface area contributed by atoms with Crippen molar-refractivity contribution in [3.8, 4) is 0 Å². The minimum Gasteiger partial charge on any atom is -0.377 e. The van der Waals surface area contributed by atoms with E-state index in [4.69, 9.17) is 0 Å². The summed E-state index contributed by atoms with van der Waals surface area (Å²) in [6, 6.07) is 15.8. The van der Waals surface area contributed by atoms with E-state index in [0.717, 1.165) is 18.4 Å². The molecule has 0 bridgehead atoms. The van der Waals surface area contributed by atoms with Crippen LogP contribution in [0.3, 0.4) is 0 Å². The molecule has 2 aromatic carbocycles. The number of nitrogens with one attached hydrogen (secondary N) is 1. The molecule has 1 fully saturated rings. The Bertz CT molecular complexity index is 658. The third kappa shape index (κ3) is 1.89. The standard InChI is InChI=1S/C19H20FN/c20-16-10-4-2-8-14(16)18-19(12-6-1-7-13-19)15-9-3-5-11-17(15)21-18/h2-5,8-11,18,21H,1,6-7,12-13H2/t18-/m0/s1. The number of halogens is 1. The molecule has 1 atom stereocenters. The SMILES string of the molecule is Fc1ccccc1[C@@H]1Nc2ccccc2C12CCCCC2. The molecule has 0 aromatic heterocycles. The molecule has 4 rings (SSSR count). The average Bonchev–Trinajstić information content (AvgIpc) is 2.83. The largest absolute Gasteiger partial charge is 0.377 e. The van der Waals surface area contributed by atoms with Gasteiger partial charge in [-0.25, -0.2) is 4.39 Å². The lowest BCUT2D eigenvalue weighted by atomic mass is 9.65. The molecule has 0 radical (unpaired) electrons. The third-order valence-electron chi connectivity index (χ3n) is 5.28. The number of hydrogen-bond acceptors (Lipinski definition) is 1. The van der Waals surface area contributed by atoms with Crippen LogP contribution in [0.4, 0.5) is 10.1 Å². The van der Waals surface area contributed by atoms with Crippen molar-refractivity contribution in [2.75, 3.05) is 5.32 Å². The van der Waals surface area contributed by atoms with Gasteiger partial charge in [-0.1, -0.05) is 55.7 Å². The zero-order valence-corrected chi connectivity index (χ0v) is 12.1. The maximum absolute atomic E-state index is 14.4. The number of para-hydroxylation sites is 1. The maximum atomic E-state index is 14.4. The smallest absolute Gasteiger partial charge is 0.128 e. The van der Waals surface area contributed by atoms with Crippen molar-refractivity contribution >= 4 is 5.69 Å². The van der Waals surface area contributed by atoms with E-state index in [2.05, 4.69) is 29.6 Å². The van der Waals surface area contributed by atoms with E-state index in [-0.39, 0.29) is 17.3 Å². The zero-order chi connectivity index (χ0) is 14.3. The van der Waals surface area contributed by atoms with Crippen molar-refractivity contribution in [2.24, 2.45) is 0 Å². The molecule has 1 saturated carbocycles. The number of benzene rings is 2. The lowest BCUT2D eigenvalue weighted by Gasteiger charge is -2.39. The fourth-order valence-electron chi connectivity index (χ4n) is 4.32. The van der Waals surface area contributed by atoms with Crippen LogP contribution >= 0.6 is 0 Å². The Morgan fingerprint density at radius 1 is 0.905 bits per heavy atom. The molecular weight excluding hydrogens is 261 g/mol. The first kappa shape index (κ1) is 12.9. The van der Waals surface area contributed by atoms with Gasteiger partial charge < -0.3 is 5.32 Å². The number of anilines is 1. The normalized spacial score (nSPS) is 22.8. The first-order chi connectivity index (χ1) is 10.3. The summed E-state index contributed by atoms with van der Waals surface area (Å²) < 4.78 is 14.4. The summed E-state index contributed by atoms with van der Waals surface area (Å²) >= 11 is 0. The molecule has 1 N–H and O–H groups in total. The predicted octanol–water partition coefficient (Wildman–Crippen LogP) is 5.19. The summed E-state index contributed by atoms with van der Waals surface area (Å²) in [5.41, 5.74) is 3.46. The molecule has 2 aromatic rings. The van der Waals surface area contributed by atoms with Gasteiger partial charge in [0.1, 0.15) is 5.82 Å². The quantitative estimate of drug-likeness (QED) is 0.758. The van der Waals surface area contributed by atoms with Crippen molar-refractivity contribution in [1.82, 2.24) is 0 Å². The predicted molar refractivity (Wildman–Crippen MR) is 84.0 cm³/mol. The van der Waals surface area contributed by atoms with E-state index in [1.165, 1.54) is 30.5 Å². The molecule has 2 heteroatoms. The molecule has 2 aliphatic rings. The Labute approximate surface area is 125 Å². The minimum atomic E-state index is -0.0900. The molecule has 1 aliphatic heterocycles. The molecule has 0 unspecified atom stereocenters. The van der Waals surface area contributed by atoms with Crippen LogP contribution in [0.15, 0.2) is 48.5 Å². The zero-order valence-electron chi connectivity index (χ0n) is 12.1. The summed E-state index contributed by atoms with van der Waals surface area (Å²) in [7, 11) is 0. The maximum Gasteiger partial charge on any atom is 0.128 e. The van der Waals surface area contributed by atoms with Crippen molar-refractivity contribution in [2.45, 2.75) is 43.6 Å². The number of hydrogen-bond donors (Lipinski definition) is 1. The fourth-order valence-corrected chi connectivity index (χ4v) is 4.32. The van der Waals surface area contributed by atoms with Crippen LogP contribution in [0.2, 0.25) is 0 Å². The van der Waals surface area contributed by atoms with Crippen LogP contribution in [-0.2, 0) is 5.41 Å². The topological polar surface area (TPSA) is 12.0 Å². The lowest BCUT2D eigenvalue weighted by Crippen LogP contribution is -2.35. The van der Waals surface area contributed by atoms with Gasteiger partial charge >= 0.3 is 0 Å². The lowest BCUT2D eigenvalue weighted by molar-refractivity contribution is 0.266. The summed E-state index contributed by atoms with van der Waals surface area (Å²) in [5, 5.41) is 3.61. The van der Waals surface area contributed by atoms with E-state index < -0.39 is 0 Å². The van der Waals surface area contributed by atoms with Crippen LogP contribution in [0.1, 0.15) is 49.3 Å². The second-order valence-electron chi connectivity index (χ2n) is 6.36. The van der Waals surface area contributed by atoms with Crippen LogP contribution < -0.4 is 5.32 Å². The molecule has 1 heterocycles. The van der Waals surface area contributed by atoms with E-state index >= 15 is 0 Å². The first-order valence-electron chi connectivity index (χ1n) is 7.92. The van der Waals surface area contributed by atoms with Gasteiger partial charge in [0.25, 0.3) is 0 Å². The molecule has 1 aliphatic carbocycles. The Balaban J connectivity index is 1.86. The highest BCUT2D eigenvalue weighted by Gasteiger charge is 2.48. The van der Waals surface area contributed by atoms with Crippen LogP contribution in [0, 0.1) is 5.82 Å². The van der Waals surface area contributed by atoms with E-state index in [9.17, 15) is 4.39 Å². The highest BCUT2D eigenvalue weighted by molar-refractivity contribution is 5.63. The highest BCUT2D eigenvalue weighted by atomic mass is 19.1. The Morgan fingerprint density at radius 2 is 1.62 bits per heavy atom. The highest BCUT2D eigenvalue weighted by Crippen LogP contribution is 2.56. The van der Waals surface area contributed by atoms with Gasteiger partial charge in [0, 0.05) is 16.7 Å². The number of fused-ring (bicyclic) bond motifs is 2. The second kappa shape index (κ2) is 4.87. The molecule has 0 amide bonds. The van der Waals surface area contributed by atoms with E-state index in [0.29, 0.717) is 0 Å². The molecular formula is C19H20FN. The van der Waals surface area contributed by atoms with E-state index in [1.807, 2.05) is 12.1 Å². The van der Waals surface area contributed by atoms with Crippen molar-refractivity contribution in [3.05, 3.63) is 65.5 Å². The fraction of sp³-hybridized carbons (Fsp3) is 0.368. The van der Waals surface area contributed by atoms with Crippen molar-refractivity contribution in [1.29, 1.82) is 0 Å². The van der Waals surface area contributed by atoms with Crippen LogP contribution in [0.25, 0.3) is 0 Å². The number of rotatable bonds is 1. The van der Waals surface area contributed by atoms with Gasteiger partial charge in [-0.2, -0.15) is 0 Å². The summed E-state index contributed by atoms with van der Waals surface area (Å²) in [6.07, 6.45) is 6.07. The molecule has 108 valence electrons. The molecule has 0 saturated heterocycles.